The van der Waals surface area contributed by atoms with Gasteiger partial charge in [0, 0.05) is 17.7 Å². The minimum atomic E-state index is 0.415. The average molecular weight is 220 g/mol. The quantitative estimate of drug-likeness (QED) is 0.843. The van der Waals surface area contributed by atoms with Crippen LogP contribution in [0.1, 0.15) is 24.8 Å². The molecule has 2 aromatic rings. The number of hydrogen-bond donors (Lipinski definition) is 1. The van der Waals surface area contributed by atoms with Gasteiger partial charge in [0.1, 0.15) is 15.8 Å². The fourth-order valence-electron chi connectivity index (χ4n) is 1.12. The van der Waals surface area contributed by atoms with Gasteiger partial charge in [-0.25, -0.2) is 4.98 Å². The third-order valence-corrected chi connectivity index (χ3v) is 3.24. The Morgan fingerprint density at radius 1 is 1.27 bits per heavy atom. The molecule has 2 aromatic heterocycles. The smallest absolute Gasteiger partial charge is 0.149 e. The highest BCUT2D eigenvalue weighted by molar-refractivity contribution is 7.14. The molecule has 0 saturated carbocycles. The maximum Gasteiger partial charge on any atom is 0.149 e. The van der Waals surface area contributed by atoms with Gasteiger partial charge in [0.25, 0.3) is 0 Å². The van der Waals surface area contributed by atoms with E-state index in [4.69, 9.17) is 5.73 Å². The van der Waals surface area contributed by atoms with Crippen molar-refractivity contribution in [1.29, 1.82) is 0 Å². The van der Waals surface area contributed by atoms with Gasteiger partial charge in [-0.3, -0.25) is 0 Å². The van der Waals surface area contributed by atoms with E-state index in [1.165, 1.54) is 0 Å². The highest BCUT2D eigenvalue weighted by atomic mass is 32.1. The molecular formula is C10H12N4S. The summed E-state index contributed by atoms with van der Waals surface area (Å²) in [6.45, 7) is 4.21. The molecule has 0 atom stereocenters. The Bertz CT molecular complexity index is 447. The van der Waals surface area contributed by atoms with E-state index in [-0.39, 0.29) is 0 Å². The second kappa shape index (κ2) is 3.94. The predicted octanol–water partition coefficient (Wildman–Crippen LogP) is 2.31. The summed E-state index contributed by atoms with van der Waals surface area (Å²) in [6, 6.07) is 3.68. The fourth-order valence-corrected chi connectivity index (χ4v) is 1.95. The molecule has 0 fully saturated rings. The highest BCUT2D eigenvalue weighted by Crippen LogP contribution is 2.26. The number of nitrogen functional groups attached to an aromatic ring is 1. The molecule has 0 aliphatic heterocycles. The number of nitrogens with zero attached hydrogens (tertiary/aromatic N) is 3. The summed E-state index contributed by atoms with van der Waals surface area (Å²) in [5, 5.41) is 10.2. The van der Waals surface area contributed by atoms with Crippen LogP contribution < -0.4 is 5.73 Å². The van der Waals surface area contributed by atoms with Crippen LogP contribution in [-0.2, 0) is 0 Å². The van der Waals surface area contributed by atoms with Crippen molar-refractivity contribution in [3.05, 3.63) is 23.3 Å². The van der Waals surface area contributed by atoms with E-state index in [1.54, 1.807) is 23.6 Å². The van der Waals surface area contributed by atoms with Gasteiger partial charge >= 0.3 is 0 Å². The largest absolute Gasteiger partial charge is 0.384 e. The Morgan fingerprint density at radius 3 is 2.60 bits per heavy atom. The van der Waals surface area contributed by atoms with E-state index in [1.807, 2.05) is 6.07 Å². The molecular weight excluding hydrogens is 208 g/mol. The van der Waals surface area contributed by atoms with Crippen molar-refractivity contribution >= 4 is 17.2 Å². The molecule has 0 aliphatic rings. The standard InChI is InChI=1S/C10H12N4S/c1-6(2)9-13-14-10(15-9)7-3-4-8(11)12-5-7/h3-6H,1-2H3,(H2,11,12). The van der Waals surface area contributed by atoms with Crippen molar-refractivity contribution in [3.63, 3.8) is 0 Å². The number of nitrogens with two attached hydrogens (primary N) is 1. The van der Waals surface area contributed by atoms with Gasteiger partial charge in [0.05, 0.1) is 0 Å². The van der Waals surface area contributed by atoms with Crippen molar-refractivity contribution in [2.75, 3.05) is 5.73 Å². The third kappa shape index (κ3) is 2.12. The molecule has 15 heavy (non-hydrogen) atoms. The van der Waals surface area contributed by atoms with Crippen LogP contribution in [0.25, 0.3) is 10.6 Å². The van der Waals surface area contributed by atoms with Crippen LogP contribution >= 0.6 is 11.3 Å². The summed E-state index contributed by atoms with van der Waals surface area (Å²) >= 11 is 1.60. The molecule has 0 unspecified atom stereocenters. The second-order valence-electron chi connectivity index (χ2n) is 3.57. The minimum absolute atomic E-state index is 0.415. The Balaban J connectivity index is 2.33. The van der Waals surface area contributed by atoms with Crippen molar-refractivity contribution in [3.8, 4) is 10.6 Å². The average Bonchev–Trinajstić information content (AvgIpc) is 2.68. The first-order chi connectivity index (χ1) is 7.16. The normalized spacial score (nSPS) is 10.9. The molecule has 0 aliphatic carbocycles. The van der Waals surface area contributed by atoms with Crippen LogP contribution in [0.2, 0.25) is 0 Å². The zero-order chi connectivity index (χ0) is 10.8. The monoisotopic (exact) mass is 220 g/mol. The van der Waals surface area contributed by atoms with Gasteiger partial charge in [-0.2, -0.15) is 0 Å². The summed E-state index contributed by atoms with van der Waals surface area (Å²) in [7, 11) is 0. The van der Waals surface area contributed by atoms with Crippen LogP contribution in [0.5, 0.6) is 0 Å². The van der Waals surface area contributed by atoms with Gasteiger partial charge < -0.3 is 5.73 Å². The van der Waals surface area contributed by atoms with Gasteiger partial charge in [-0.05, 0) is 12.1 Å². The van der Waals surface area contributed by atoms with Crippen LogP contribution in [0.4, 0.5) is 5.82 Å². The molecule has 0 aromatic carbocycles. The van der Waals surface area contributed by atoms with E-state index in [0.717, 1.165) is 15.6 Å². The van der Waals surface area contributed by atoms with Gasteiger partial charge in [0.2, 0.25) is 0 Å². The molecule has 2 rings (SSSR count). The van der Waals surface area contributed by atoms with E-state index in [9.17, 15) is 0 Å². The maximum atomic E-state index is 5.51. The molecule has 0 radical (unpaired) electrons. The van der Waals surface area contributed by atoms with E-state index in [0.29, 0.717) is 11.7 Å². The van der Waals surface area contributed by atoms with Crippen molar-refractivity contribution in [2.45, 2.75) is 19.8 Å². The van der Waals surface area contributed by atoms with Crippen molar-refractivity contribution in [2.24, 2.45) is 0 Å². The molecule has 0 saturated heterocycles. The topological polar surface area (TPSA) is 64.7 Å². The Morgan fingerprint density at radius 2 is 2.07 bits per heavy atom. The molecule has 4 nitrogen and oxygen atoms in total. The summed E-state index contributed by atoms with van der Waals surface area (Å²) < 4.78 is 0. The number of rotatable bonds is 2. The lowest BCUT2D eigenvalue weighted by molar-refractivity contribution is 0.825. The zero-order valence-electron chi connectivity index (χ0n) is 8.64. The van der Waals surface area contributed by atoms with E-state index < -0.39 is 0 Å². The minimum Gasteiger partial charge on any atom is -0.384 e. The first kappa shape index (κ1) is 10.0. The molecule has 0 bridgehead atoms. The van der Waals surface area contributed by atoms with Crippen LogP contribution in [0, 0.1) is 0 Å². The number of anilines is 1. The van der Waals surface area contributed by atoms with E-state index in [2.05, 4.69) is 29.0 Å². The lowest BCUT2D eigenvalue weighted by Crippen LogP contribution is -1.88. The van der Waals surface area contributed by atoms with Crippen LogP contribution in [0.3, 0.4) is 0 Å². The van der Waals surface area contributed by atoms with Crippen molar-refractivity contribution in [1.82, 2.24) is 15.2 Å². The number of pyridine rings is 1. The lowest BCUT2D eigenvalue weighted by Gasteiger charge is -1.95. The van der Waals surface area contributed by atoms with E-state index >= 15 is 0 Å². The fraction of sp³-hybridized carbons (Fsp3) is 0.300. The Hall–Kier alpha value is -1.49. The maximum absolute atomic E-state index is 5.51. The Kier molecular flexibility index (Phi) is 2.64. The first-order valence-electron chi connectivity index (χ1n) is 4.72. The second-order valence-corrected chi connectivity index (χ2v) is 4.58. The molecule has 2 heterocycles. The molecule has 0 spiro atoms. The lowest BCUT2D eigenvalue weighted by atomic mass is 10.2. The summed E-state index contributed by atoms with van der Waals surface area (Å²) in [4.78, 5) is 4.03. The summed E-state index contributed by atoms with van der Waals surface area (Å²) in [5.74, 6) is 0.935. The first-order valence-corrected chi connectivity index (χ1v) is 5.54. The molecule has 2 N–H and O–H groups in total. The molecule has 0 amide bonds. The van der Waals surface area contributed by atoms with Gasteiger partial charge in [0.15, 0.2) is 0 Å². The Labute approximate surface area is 92.2 Å². The summed E-state index contributed by atoms with van der Waals surface area (Å²) in [5.41, 5.74) is 6.48. The third-order valence-electron chi connectivity index (χ3n) is 1.97. The van der Waals surface area contributed by atoms with Crippen molar-refractivity contribution < 1.29 is 0 Å². The summed E-state index contributed by atoms with van der Waals surface area (Å²) in [6.07, 6.45) is 1.72. The van der Waals surface area contributed by atoms with Gasteiger partial charge in [-0.15, -0.1) is 10.2 Å². The van der Waals surface area contributed by atoms with Crippen LogP contribution in [-0.4, -0.2) is 15.2 Å². The molecule has 78 valence electrons. The van der Waals surface area contributed by atoms with Crippen LogP contribution in [0.15, 0.2) is 18.3 Å². The number of aromatic nitrogens is 3. The highest BCUT2D eigenvalue weighted by Gasteiger charge is 2.09. The molecule has 5 heteroatoms. The zero-order valence-corrected chi connectivity index (χ0v) is 9.45. The predicted molar refractivity (Wildman–Crippen MR) is 61.6 cm³/mol. The van der Waals surface area contributed by atoms with Gasteiger partial charge in [-0.1, -0.05) is 25.2 Å². The number of hydrogen-bond acceptors (Lipinski definition) is 5. The SMILES string of the molecule is CC(C)c1nnc(-c2ccc(N)nc2)s1.